The molecule has 40 heavy (non-hydrogen) atoms. The van der Waals surface area contributed by atoms with Gasteiger partial charge in [0.2, 0.25) is 5.91 Å². The predicted molar refractivity (Wildman–Crippen MR) is 161 cm³/mol. The molecule has 2 N–H and O–H groups in total. The van der Waals surface area contributed by atoms with E-state index in [-0.39, 0.29) is 30.5 Å². The Morgan fingerprint density at radius 2 is 1.35 bits per heavy atom. The second kappa shape index (κ2) is 20.5. The number of cyclic esters (lactones) is 1. The van der Waals surface area contributed by atoms with Gasteiger partial charge in [-0.05, 0) is 31.2 Å². The standard InChI is InChI=1S/C34H55NO5/c1-3-5-6-7-8-9-10-11-12-13-14-15-16-17-21-24-28(26-31-29(4-2)33(37)40-31)39-34(38)30(32(35)36)25-27-22-19-18-20-23-27/h18-20,22-23,28-31H,3-17,21,24-26H2,1-2H3,(H2,35,36)/t28-,29-,30?,31-/m0/s1. The maximum absolute atomic E-state index is 13.0. The molecule has 0 bridgehead atoms. The fraction of sp³-hybridized carbons (Fsp3) is 0.735. The van der Waals surface area contributed by atoms with Crippen LogP contribution in [0, 0.1) is 11.8 Å². The molecule has 2 rings (SSSR count). The van der Waals surface area contributed by atoms with Crippen molar-refractivity contribution in [1.29, 1.82) is 0 Å². The summed E-state index contributed by atoms with van der Waals surface area (Å²) >= 11 is 0. The number of hydrogen-bond donors (Lipinski definition) is 1. The highest BCUT2D eigenvalue weighted by Gasteiger charge is 2.43. The number of benzene rings is 1. The number of esters is 2. The number of nitrogens with two attached hydrogens (primary N) is 1. The zero-order valence-electron chi connectivity index (χ0n) is 25.2. The van der Waals surface area contributed by atoms with Crippen LogP contribution in [0.15, 0.2) is 30.3 Å². The first kappa shape index (κ1) is 33.8. The maximum Gasteiger partial charge on any atom is 0.319 e. The predicted octanol–water partition coefficient (Wildman–Crippen LogP) is 7.85. The number of carbonyl (C=O) groups excluding carboxylic acids is 3. The minimum absolute atomic E-state index is 0.140. The molecule has 0 aromatic heterocycles. The van der Waals surface area contributed by atoms with Crippen molar-refractivity contribution < 1.29 is 23.9 Å². The minimum atomic E-state index is -1.03. The highest BCUT2D eigenvalue weighted by molar-refractivity contribution is 5.97. The fourth-order valence-corrected chi connectivity index (χ4v) is 5.66. The average molecular weight is 558 g/mol. The van der Waals surface area contributed by atoms with E-state index in [1.807, 2.05) is 37.3 Å². The molecule has 1 aromatic rings. The number of ether oxygens (including phenoxy) is 2. The fourth-order valence-electron chi connectivity index (χ4n) is 5.66. The third-order valence-corrected chi connectivity index (χ3v) is 8.28. The Morgan fingerprint density at radius 3 is 1.82 bits per heavy atom. The molecule has 1 saturated heterocycles. The second-order valence-corrected chi connectivity index (χ2v) is 11.7. The zero-order valence-corrected chi connectivity index (χ0v) is 25.2. The summed E-state index contributed by atoms with van der Waals surface area (Å²) in [6, 6.07) is 9.37. The van der Waals surface area contributed by atoms with Crippen molar-refractivity contribution in [2.45, 2.75) is 148 Å². The summed E-state index contributed by atoms with van der Waals surface area (Å²) < 4.78 is 11.2. The summed E-state index contributed by atoms with van der Waals surface area (Å²) in [4.78, 5) is 36.9. The number of rotatable bonds is 24. The van der Waals surface area contributed by atoms with Gasteiger partial charge >= 0.3 is 11.9 Å². The number of amides is 1. The Bertz CT molecular complexity index is 842. The van der Waals surface area contributed by atoms with Crippen LogP contribution in [0.3, 0.4) is 0 Å². The van der Waals surface area contributed by atoms with E-state index in [2.05, 4.69) is 6.92 Å². The Labute approximate surface area is 243 Å². The van der Waals surface area contributed by atoms with Crippen LogP contribution in [0.2, 0.25) is 0 Å². The molecule has 1 aliphatic rings. The Balaban J connectivity index is 1.69. The van der Waals surface area contributed by atoms with Crippen LogP contribution in [0.4, 0.5) is 0 Å². The van der Waals surface area contributed by atoms with E-state index in [1.54, 1.807) is 0 Å². The Kier molecular flexibility index (Phi) is 17.3. The SMILES string of the molecule is CCCCCCCCCCCCCCCCC[C@@H](C[C@@H]1OC(=O)[C@H]1CC)OC(=O)C(Cc1ccccc1)C(N)=O. The minimum Gasteiger partial charge on any atom is -0.462 e. The lowest BCUT2D eigenvalue weighted by Crippen LogP contribution is -2.47. The maximum atomic E-state index is 13.0. The van der Waals surface area contributed by atoms with Gasteiger partial charge in [0.15, 0.2) is 0 Å². The van der Waals surface area contributed by atoms with Crippen molar-refractivity contribution in [3.8, 4) is 0 Å². The number of carbonyl (C=O) groups is 3. The van der Waals surface area contributed by atoms with Crippen LogP contribution < -0.4 is 5.73 Å². The molecule has 4 atom stereocenters. The van der Waals surface area contributed by atoms with Gasteiger partial charge in [0.25, 0.3) is 0 Å². The molecule has 1 heterocycles. The lowest BCUT2D eigenvalue weighted by molar-refractivity contribution is -0.190. The average Bonchev–Trinajstić information content (AvgIpc) is 2.93. The van der Waals surface area contributed by atoms with Crippen LogP contribution >= 0.6 is 0 Å². The van der Waals surface area contributed by atoms with Gasteiger partial charge in [-0.25, -0.2) is 0 Å². The summed E-state index contributed by atoms with van der Waals surface area (Å²) in [5.41, 5.74) is 6.45. The van der Waals surface area contributed by atoms with Crippen LogP contribution in [0.25, 0.3) is 0 Å². The first-order chi connectivity index (χ1) is 19.5. The monoisotopic (exact) mass is 557 g/mol. The van der Waals surface area contributed by atoms with Crippen molar-refractivity contribution in [3.05, 3.63) is 35.9 Å². The van der Waals surface area contributed by atoms with Crippen LogP contribution in [0.1, 0.15) is 135 Å². The quantitative estimate of drug-likeness (QED) is 0.0793. The first-order valence-corrected chi connectivity index (χ1v) is 16.2. The first-order valence-electron chi connectivity index (χ1n) is 16.2. The van der Waals surface area contributed by atoms with E-state index in [0.717, 1.165) is 18.4 Å². The molecule has 0 saturated carbocycles. The zero-order chi connectivity index (χ0) is 29.0. The third-order valence-electron chi connectivity index (χ3n) is 8.28. The van der Waals surface area contributed by atoms with Crippen LogP contribution in [0.5, 0.6) is 0 Å². The van der Waals surface area contributed by atoms with E-state index in [4.69, 9.17) is 15.2 Å². The second-order valence-electron chi connectivity index (χ2n) is 11.7. The van der Waals surface area contributed by atoms with Gasteiger partial charge in [-0.1, -0.05) is 134 Å². The van der Waals surface area contributed by atoms with Crippen molar-refractivity contribution >= 4 is 17.8 Å². The number of unbranched alkanes of at least 4 members (excludes halogenated alkanes) is 14. The molecular weight excluding hydrogens is 502 g/mol. The van der Waals surface area contributed by atoms with E-state index in [1.165, 1.54) is 83.5 Å². The van der Waals surface area contributed by atoms with Crippen LogP contribution in [-0.2, 0) is 30.3 Å². The van der Waals surface area contributed by atoms with E-state index in [9.17, 15) is 14.4 Å². The smallest absolute Gasteiger partial charge is 0.319 e. The molecule has 1 aromatic carbocycles. The summed E-state index contributed by atoms with van der Waals surface area (Å²) in [6.07, 6.45) is 20.9. The lowest BCUT2D eigenvalue weighted by atomic mass is 9.88. The highest BCUT2D eigenvalue weighted by atomic mass is 16.6. The summed E-state index contributed by atoms with van der Waals surface area (Å²) in [6.45, 7) is 4.23. The lowest BCUT2D eigenvalue weighted by Gasteiger charge is -2.36. The van der Waals surface area contributed by atoms with Crippen molar-refractivity contribution in [2.24, 2.45) is 17.6 Å². The molecule has 0 radical (unpaired) electrons. The molecule has 1 unspecified atom stereocenters. The highest BCUT2D eigenvalue weighted by Crippen LogP contribution is 2.31. The Morgan fingerprint density at radius 1 is 0.825 bits per heavy atom. The topological polar surface area (TPSA) is 95.7 Å². The van der Waals surface area contributed by atoms with Gasteiger partial charge in [0, 0.05) is 6.42 Å². The molecule has 0 aliphatic carbocycles. The summed E-state index contributed by atoms with van der Waals surface area (Å²) in [5, 5.41) is 0. The van der Waals surface area contributed by atoms with Gasteiger partial charge in [-0.3, -0.25) is 14.4 Å². The number of hydrogen-bond acceptors (Lipinski definition) is 5. The van der Waals surface area contributed by atoms with Crippen molar-refractivity contribution in [1.82, 2.24) is 0 Å². The molecule has 1 fully saturated rings. The summed E-state index contributed by atoms with van der Waals surface area (Å²) in [7, 11) is 0. The van der Waals surface area contributed by atoms with Gasteiger partial charge < -0.3 is 15.2 Å². The van der Waals surface area contributed by atoms with Crippen molar-refractivity contribution in [3.63, 3.8) is 0 Å². The van der Waals surface area contributed by atoms with Crippen LogP contribution in [-0.4, -0.2) is 30.1 Å². The largest absolute Gasteiger partial charge is 0.462 e. The van der Waals surface area contributed by atoms with E-state index >= 15 is 0 Å². The van der Waals surface area contributed by atoms with Crippen molar-refractivity contribution in [2.75, 3.05) is 0 Å². The van der Waals surface area contributed by atoms with Gasteiger partial charge in [-0.15, -0.1) is 0 Å². The van der Waals surface area contributed by atoms with E-state index < -0.39 is 17.8 Å². The van der Waals surface area contributed by atoms with Gasteiger partial charge in [-0.2, -0.15) is 0 Å². The van der Waals surface area contributed by atoms with E-state index in [0.29, 0.717) is 19.3 Å². The Hall–Kier alpha value is -2.37. The van der Waals surface area contributed by atoms with Gasteiger partial charge in [0.05, 0.1) is 5.92 Å². The van der Waals surface area contributed by atoms with Gasteiger partial charge in [0.1, 0.15) is 18.1 Å². The molecule has 0 spiro atoms. The normalized spacial score (nSPS) is 18.0. The number of primary amides is 1. The molecule has 1 amide bonds. The third kappa shape index (κ3) is 13.3. The molecule has 226 valence electrons. The summed E-state index contributed by atoms with van der Waals surface area (Å²) in [5.74, 6) is -2.61. The molecular formula is C34H55NO5. The molecule has 6 nitrogen and oxygen atoms in total. The molecule has 1 aliphatic heterocycles. The molecule has 6 heteroatoms.